The fraction of sp³-hybridized carbons (Fsp3) is 0.938. The first-order valence-electron chi connectivity index (χ1n) is 8.43. The third-order valence-corrected chi connectivity index (χ3v) is 5.32. The Hall–Kier alpha value is -0.610. The molecule has 3 atom stereocenters. The minimum atomic E-state index is -0.465. The predicted molar refractivity (Wildman–Crippen MR) is 82.5 cm³/mol. The lowest BCUT2D eigenvalue weighted by Crippen LogP contribution is -2.61. The Kier molecular flexibility index (Phi) is 5.44. The van der Waals surface area contributed by atoms with E-state index in [1.54, 1.807) is 0 Å². The van der Waals surface area contributed by atoms with Crippen molar-refractivity contribution in [2.45, 2.75) is 82.8 Å². The van der Waals surface area contributed by atoms with Crippen molar-refractivity contribution in [3.8, 4) is 0 Å². The van der Waals surface area contributed by atoms with Crippen molar-refractivity contribution in [2.75, 3.05) is 13.1 Å². The summed E-state index contributed by atoms with van der Waals surface area (Å²) in [4.78, 5) is 14.7. The zero-order valence-corrected chi connectivity index (χ0v) is 13.2. The number of carbonyl (C=O) groups is 1. The smallest absolute Gasteiger partial charge is 0.237 e. The highest BCUT2D eigenvalue weighted by Crippen LogP contribution is 2.34. The molecule has 4 heteroatoms. The van der Waals surface area contributed by atoms with E-state index in [0.717, 1.165) is 25.8 Å². The van der Waals surface area contributed by atoms with Gasteiger partial charge in [-0.15, -0.1) is 0 Å². The highest BCUT2D eigenvalue weighted by Gasteiger charge is 2.43. The number of carbonyl (C=O) groups excluding carboxylic acids is 1. The van der Waals surface area contributed by atoms with Gasteiger partial charge < -0.3 is 11.1 Å². The average molecular weight is 281 g/mol. The molecule has 0 spiro atoms. The highest BCUT2D eigenvalue weighted by atomic mass is 16.1. The molecule has 0 bridgehead atoms. The van der Waals surface area contributed by atoms with Gasteiger partial charge in [0, 0.05) is 12.1 Å². The second kappa shape index (κ2) is 6.90. The number of piperidine rings is 1. The van der Waals surface area contributed by atoms with E-state index in [1.165, 1.54) is 38.6 Å². The van der Waals surface area contributed by atoms with Crippen molar-refractivity contribution >= 4 is 5.91 Å². The quantitative estimate of drug-likeness (QED) is 0.810. The molecule has 4 nitrogen and oxygen atoms in total. The summed E-state index contributed by atoms with van der Waals surface area (Å²) >= 11 is 0. The molecule has 0 aromatic carbocycles. The lowest BCUT2D eigenvalue weighted by molar-refractivity contribution is -0.127. The summed E-state index contributed by atoms with van der Waals surface area (Å²) in [6.07, 6.45) is 9.32. The van der Waals surface area contributed by atoms with Crippen molar-refractivity contribution in [1.29, 1.82) is 0 Å². The summed E-state index contributed by atoms with van der Waals surface area (Å²) in [5, 5.41) is 3.40. The van der Waals surface area contributed by atoms with E-state index in [2.05, 4.69) is 24.1 Å². The Labute approximate surface area is 123 Å². The normalized spacial score (nSPS) is 35.9. The fourth-order valence-electron chi connectivity index (χ4n) is 4.28. The molecular weight excluding hydrogens is 250 g/mol. The molecule has 2 rings (SSSR count). The summed E-state index contributed by atoms with van der Waals surface area (Å²) in [6, 6.07) is 1.24. The molecule has 20 heavy (non-hydrogen) atoms. The topological polar surface area (TPSA) is 58.4 Å². The number of hydrogen-bond acceptors (Lipinski definition) is 3. The second-order valence-corrected chi connectivity index (χ2v) is 6.52. The van der Waals surface area contributed by atoms with Gasteiger partial charge in [-0.2, -0.15) is 0 Å². The number of amides is 1. The van der Waals surface area contributed by atoms with E-state index < -0.39 is 5.54 Å². The summed E-state index contributed by atoms with van der Waals surface area (Å²) < 4.78 is 0. The minimum absolute atomic E-state index is 0.158. The number of nitrogens with one attached hydrogen (secondary N) is 1. The zero-order valence-electron chi connectivity index (χ0n) is 13.2. The summed E-state index contributed by atoms with van der Waals surface area (Å²) in [5.74, 6) is -0.158. The number of nitrogens with zero attached hydrogens (tertiary/aromatic N) is 1. The number of hydrogen-bond donors (Lipinski definition) is 2. The van der Waals surface area contributed by atoms with Gasteiger partial charge in [0.2, 0.25) is 5.91 Å². The first-order chi connectivity index (χ1) is 9.63. The van der Waals surface area contributed by atoms with Crippen molar-refractivity contribution in [1.82, 2.24) is 10.2 Å². The largest absolute Gasteiger partial charge is 0.368 e. The Morgan fingerprint density at radius 1 is 1.30 bits per heavy atom. The first-order valence-corrected chi connectivity index (χ1v) is 8.43. The van der Waals surface area contributed by atoms with E-state index in [4.69, 9.17) is 5.73 Å². The van der Waals surface area contributed by atoms with Gasteiger partial charge in [0.05, 0.1) is 5.54 Å². The van der Waals surface area contributed by atoms with Gasteiger partial charge in [-0.3, -0.25) is 9.69 Å². The van der Waals surface area contributed by atoms with Crippen LogP contribution in [-0.2, 0) is 4.79 Å². The third-order valence-electron chi connectivity index (χ3n) is 5.32. The van der Waals surface area contributed by atoms with E-state index >= 15 is 0 Å². The van der Waals surface area contributed by atoms with Gasteiger partial charge in [0.1, 0.15) is 0 Å². The summed E-state index contributed by atoms with van der Waals surface area (Å²) in [5.41, 5.74) is 5.26. The van der Waals surface area contributed by atoms with Crippen LogP contribution in [0.2, 0.25) is 0 Å². The van der Waals surface area contributed by atoms with Gasteiger partial charge in [-0.1, -0.05) is 20.3 Å². The molecule has 1 saturated heterocycles. The first kappa shape index (κ1) is 15.8. The molecule has 116 valence electrons. The molecule has 0 radical (unpaired) electrons. The molecular formula is C16H31N3O. The predicted octanol–water partition coefficient (Wildman–Crippen LogP) is 2.03. The van der Waals surface area contributed by atoms with Crippen LogP contribution in [0.1, 0.15) is 65.2 Å². The number of likely N-dealkylation sites (tertiary alicyclic amines) is 1. The Morgan fingerprint density at radius 2 is 2.10 bits per heavy atom. The second-order valence-electron chi connectivity index (χ2n) is 6.52. The van der Waals surface area contributed by atoms with E-state index in [0.29, 0.717) is 12.1 Å². The third kappa shape index (κ3) is 3.17. The van der Waals surface area contributed by atoms with E-state index in [1.807, 2.05) is 0 Å². The van der Waals surface area contributed by atoms with Gasteiger partial charge in [0.25, 0.3) is 0 Å². The molecule has 2 fully saturated rings. The molecule has 1 saturated carbocycles. The SMILES string of the molecule is CCNC1(C(N)=O)CCCC(N2CCCCC2CC)C1. The molecule has 3 N–H and O–H groups in total. The monoisotopic (exact) mass is 281 g/mol. The van der Waals surface area contributed by atoms with Gasteiger partial charge in [-0.25, -0.2) is 0 Å². The number of nitrogens with two attached hydrogens (primary N) is 1. The fourth-order valence-corrected chi connectivity index (χ4v) is 4.28. The van der Waals surface area contributed by atoms with Gasteiger partial charge in [0.15, 0.2) is 0 Å². The van der Waals surface area contributed by atoms with Crippen LogP contribution in [0.3, 0.4) is 0 Å². The molecule has 2 aliphatic rings. The van der Waals surface area contributed by atoms with Crippen LogP contribution >= 0.6 is 0 Å². The maximum Gasteiger partial charge on any atom is 0.237 e. The number of rotatable bonds is 5. The lowest BCUT2D eigenvalue weighted by Gasteiger charge is -2.47. The summed E-state index contributed by atoms with van der Waals surface area (Å²) in [7, 11) is 0. The molecule has 0 aromatic heterocycles. The Morgan fingerprint density at radius 3 is 2.75 bits per heavy atom. The number of likely N-dealkylation sites (N-methyl/N-ethyl adjacent to an activating group) is 1. The van der Waals surface area contributed by atoms with Gasteiger partial charge in [-0.05, 0) is 58.0 Å². The highest BCUT2D eigenvalue weighted by molar-refractivity contribution is 5.84. The molecule has 1 amide bonds. The van der Waals surface area contributed by atoms with Crippen LogP contribution in [0.25, 0.3) is 0 Å². The van der Waals surface area contributed by atoms with Crippen LogP contribution in [0.5, 0.6) is 0 Å². The minimum Gasteiger partial charge on any atom is -0.368 e. The Balaban J connectivity index is 2.10. The van der Waals surface area contributed by atoms with Crippen LogP contribution < -0.4 is 11.1 Å². The molecule has 1 heterocycles. The molecule has 0 aromatic rings. The van der Waals surface area contributed by atoms with Crippen molar-refractivity contribution in [3.63, 3.8) is 0 Å². The zero-order chi connectivity index (χ0) is 14.6. The van der Waals surface area contributed by atoms with Gasteiger partial charge >= 0.3 is 0 Å². The van der Waals surface area contributed by atoms with Crippen molar-refractivity contribution in [2.24, 2.45) is 5.73 Å². The Bertz CT molecular complexity index is 330. The van der Waals surface area contributed by atoms with Crippen molar-refractivity contribution in [3.05, 3.63) is 0 Å². The summed E-state index contributed by atoms with van der Waals surface area (Å²) in [6.45, 7) is 6.36. The maximum atomic E-state index is 12.0. The van der Waals surface area contributed by atoms with E-state index in [-0.39, 0.29) is 5.91 Å². The molecule has 1 aliphatic heterocycles. The van der Waals surface area contributed by atoms with Crippen LogP contribution in [0, 0.1) is 0 Å². The average Bonchev–Trinajstić information content (AvgIpc) is 2.47. The maximum absolute atomic E-state index is 12.0. The number of primary amides is 1. The molecule has 3 unspecified atom stereocenters. The molecule has 1 aliphatic carbocycles. The van der Waals surface area contributed by atoms with Crippen molar-refractivity contribution < 1.29 is 4.79 Å². The van der Waals surface area contributed by atoms with Crippen LogP contribution in [-0.4, -0.2) is 41.5 Å². The van der Waals surface area contributed by atoms with Crippen LogP contribution in [0.4, 0.5) is 0 Å². The lowest BCUT2D eigenvalue weighted by atomic mass is 9.76. The van der Waals surface area contributed by atoms with E-state index in [9.17, 15) is 4.79 Å². The standard InChI is InChI=1S/C16H31N3O/c1-3-13-8-5-6-11-19(13)14-9-7-10-16(12-14,15(17)20)18-4-2/h13-14,18H,3-12H2,1-2H3,(H2,17,20). The van der Waals surface area contributed by atoms with Crippen LogP contribution in [0.15, 0.2) is 0 Å².